The first-order valence-electron chi connectivity index (χ1n) is 12.3. The van der Waals surface area contributed by atoms with Gasteiger partial charge in [0.25, 0.3) is 5.91 Å². The number of hydrazine groups is 1. The molecule has 0 spiro atoms. The third-order valence-electron chi connectivity index (χ3n) is 6.18. The van der Waals surface area contributed by atoms with Crippen molar-refractivity contribution in [1.82, 2.24) is 5.43 Å². The van der Waals surface area contributed by atoms with Crippen molar-refractivity contribution in [3.05, 3.63) is 143 Å². The molecule has 0 aromatic heterocycles. The average molecular weight is 521 g/mol. The molecule has 0 atom stereocenters. The molecule has 4 aromatic carbocycles. The van der Waals surface area contributed by atoms with Crippen molar-refractivity contribution in [2.45, 2.75) is 19.4 Å². The highest BCUT2D eigenvalue weighted by atomic mass is 16.3. The normalized spacial score (nSPS) is 11.5. The minimum absolute atomic E-state index is 0.188. The van der Waals surface area contributed by atoms with Crippen molar-refractivity contribution in [1.29, 1.82) is 0 Å². The molecule has 4 rings (SSSR count). The molecular formula is C32H28N2O5. The number of para-hydroxylation sites is 1. The Morgan fingerprint density at radius 2 is 1.26 bits per heavy atom. The number of nitrogens with zero attached hydrogens (tertiary/aromatic N) is 1. The topological polar surface area (TPSA) is 107 Å². The van der Waals surface area contributed by atoms with E-state index in [1.165, 1.54) is 12.1 Å². The van der Waals surface area contributed by atoms with Crippen molar-refractivity contribution in [3.63, 3.8) is 0 Å². The zero-order valence-electron chi connectivity index (χ0n) is 21.5. The summed E-state index contributed by atoms with van der Waals surface area (Å²) < 4.78 is 0. The maximum Gasteiger partial charge on any atom is 0.317 e. The van der Waals surface area contributed by atoms with E-state index >= 15 is 0 Å². The van der Waals surface area contributed by atoms with Crippen LogP contribution in [0.4, 0.5) is 5.69 Å². The fourth-order valence-corrected chi connectivity index (χ4v) is 4.15. The van der Waals surface area contributed by atoms with Gasteiger partial charge in [-0.2, -0.15) is 0 Å². The van der Waals surface area contributed by atoms with E-state index in [1.54, 1.807) is 84.9 Å². The Balaban J connectivity index is 1.75. The molecule has 0 saturated carbocycles. The molecule has 0 radical (unpaired) electrons. The fourth-order valence-electron chi connectivity index (χ4n) is 4.15. The van der Waals surface area contributed by atoms with Gasteiger partial charge < -0.3 is 10.2 Å². The Morgan fingerprint density at radius 3 is 1.77 bits per heavy atom. The van der Waals surface area contributed by atoms with Crippen molar-refractivity contribution in [2.24, 2.45) is 0 Å². The van der Waals surface area contributed by atoms with Crippen LogP contribution in [0.2, 0.25) is 0 Å². The van der Waals surface area contributed by atoms with Crippen LogP contribution in [0.3, 0.4) is 0 Å². The van der Waals surface area contributed by atoms with Gasteiger partial charge in [0.15, 0.2) is 5.60 Å². The quantitative estimate of drug-likeness (QED) is 0.141. The standard InChI is InChI=1S/C32H28N2O5/c1-22-11-9-15-25(19-22)32(39,26-16-10-12-23(2)20-26)31(38)33-34(27-17-7-4-8-18-27)30(37)29(36)21-28(35)24-13-5-3-6-14-24/h3-21,35,39H,1-2H3,(H,33,38). The lowest BCUT2D eigenvalue weighted by atomic mass is 9.84. The van der Waals surface area contributed by atoms with Gasteiger partial charge in [0.1, 0.15) is 5.76 Å². The number of hydrogen-bond donors (Lipinski definition) is 3. The first-order valence-corrected chi connectivity index (χ1v) is 12.3. The summed E-state index contributed by atoms with van der Waals surface area (Å²) in [6.07, 6.45) is 0.799. The van der Waals surface area contributed by atoms with Crippen LogP contribution in [0.15, 0.2) is 115 Å². The molecule has 2 amide bonds. The number of aryl methyl sites for hydroxylation is 2. The molecular weight excluding hydrogens is 492 g/mol. The summed E-state index contributed by atoms with van der Waals surface area (Å²) in [5.41, 5.74) is 3.02. The van der Waals surface area contributed by atoms with Crippen LogP contribution < -0.4 is 10.4 Å². The van der Waals surface area contributed by atoms with Gasteiger partial charge in [-0.05, 0) is 37.1 Å². The first kappa shape index (κ1) is 27.0. The Bertz CT molecular complexity index is 1490. The van der Waals surface area contributed by atoms with E-state index in [4.69, 9.17) is 0 Å². The molecule has 0 heterocycles. The number of benzene rings is 4. The predicted molar refractivity (Wildman–Crippen MR) is 149 cm³/mol. The number of anilines is 1. The summed E-state index contributed by atoms with van der Waals surface area (Å²) in [6.45, 7) is 3.67. The molecule has 7 nitrogen and oxygen atoms in total. The fraction of sp³-hybridized carbons (Fsp3) is 0.0938. The van der Waals surface area contributed by atoms with Crippen LogP contribution >= 0.6 is 0 Å². The van der Waals surface area contributed by atoms with Gasteiger partial charge in [0.2, 0.25) is 5.78 Å². The van der Waals surface area contributed by atoms with Gasteiger partial charge >= 0.3 is 5.91 Å². The van der Waals surface area contributed by atoms with E-state index in [2.05, 4.69) is 5.43 Å². The van der Waals surface area contributed by atoms with Crippen LogP contribution in [-0.2, 0) is 20.0 Å². The number of aliphatic hydroxyl groups is 2. The van der Waals surface area contributed by atoms with E-state index < -0.39 is 29.0 Å². The van der Waals surface area contributed by atoms with Crippen molar-refractivity contribution in [3.8, 4) is 0 Å². The SMILES string of the molecule is Cc1cccc(C(O)(C(=O)NN(C(=O)C(=O)C=C(O)c2ccccc2)c2ccccc2)c2cccc(C)c2)c1. The molecule has 0 unspecified atom stereocenters. The summed E-state index contributed by atoms with van der Waals surface area (Å²) in [6, 6.07) is 30.1. The summed E-state index contributed by atoms with van der Waals surface area (Å²) in [5.74, 6) is -3.55. The van der Waals surface area contributed by atoms with Gasteiger partial charge in [0, 0.05) is 11.6 Å². The molecule has 0 aliphatic heterocycles. The van der Waals surface area contributed by atoms with Gasteiger partial charge in [-0.25, -0.2) is 5.01 Å². The average Bonchev–Trinajstić information content (AvgIpc) is 2.95. The number of carbonyl (C=O) groups is 3. The van der Waals surface area contributed by atoms with Crippen LogP contribution in [0.1, 0.15) is 27.8 Å². The van der Waals surface area contributed by atoms with E-state index in [-0.39, 0.29) is 5.69 Å². The number of carbonyl (C=O) groups excluding carboxylic acids is 3. The minimum atomic E-state index is -2.20. The highest BCUT2D eigenvalue weighted by Gasteiger charge is 2.42. The summed E-state index contributed by atoms with van der Waals surface area (Å²) >= 11 is 0. The molecule has 0 aliphatic carbocycles. The van der Waals surface area contributed by atoms with Gasteiger partial charge in [-0.15, -0.1) is 0 Å². The summed E-state index contributed by atoms with van der Waals surface area (Å²) in [4.78, 5) is 40.3. The predicted octanol–water partition coefficient (Wildman–Crippen LogP) is 4.77. The molecule has 196 valence electrons. The second kappa shape index (κ2) is 11.6. The van der Waals surface area contributed by atoms with Gasteiger partial charge in [0.05, 0.1) is 5.69 Å². The Labute approximate surface area is 226 Å². The smallest absolute Gasteiger partial charge is 0.317 e. The zero-order chi connectivity index (χ0) is 28.0. The molecule has 0 saturated heterocycles. The Morgan fingerprint density at radius 1 is 0.744 bits per heavy atom. The number of aliphatic hydroxyl groups excluding tert-OH is 1. The summed E-state index contributed by atoms with van der Waals surface area (Å²) in [7, 11) is 0. The lowest BCUT2D eigenvalue weighted by molar-refractivity contribution is -0.140. The molecule has 4 aromatic rings. The zero-order valence-corrected chi connectivity index (χ0v) is 21.5. The Kier molecular flexibility index (Phi) is 8.03. The lowest BCUT2D eigenvalue weighted by Gasteiger charge is -2.32. The maximum absolute atomic E-state index is 13.9. The van der Waals surface area contributed by atoms with Crippen LogP contribution in [0.25, 0.3) is 5.76 Å². The van der Waals surface area contributed by atoms with E-state index in [0.29, 0.717) is 16.7 Å². The van der Waals surface area contributed by atoms with Crippen LogP contribution in [-0.4, -0.2) is 27.8 Å². The third-order valence-corrected chi connectivity index (χ3v) is 6.18. The molecule has 7 heteroatoms. The molecule has 3 N–H and O–H groups in total. The number of hydrogen-bond acceptors (Lipinski definition) is 5. The minimum Gasteiger partial charge on any atom is -0.507 e. The monoisotopic (exact) mass is 520 g/mol. The largest absolute Gasteiger partial charge is 0.507 e. The molecule has 0 fully saturated rings. The van der Waals surface area contributed by atoms with Gasteiger partial charge in [-0.3, -0.25) is 19.8 Å². The second-order valence-electron chi connectivity index (χ2n) is 9.13. The highest BCUT2D eigenvalue weighted by molar-refractivity contribution is 6.46. The second-order valence-corrected chi connectivity index (χ2v) is 9.13. The maximum atomic E-state index is 13.9. The molecule has 0 bridgehead atoms. The Hall–Kier alpha value is -5.01. The van der Waals surface area contributed by atoms with Gasteiger partial charge in [-0.1, -0.05) is 108 Å². The third kappa shape index (κ3) is 5.95. The number of ketones is 1. The lowest BCUT2D eigenvalue weighted by Crippen LogP contribution is -2.56. The molecule has 0 aliphatic rings. The first-order chi connectivity index (χ1) is 18.7. The molecule has 39 heavy (non-hydrogen) atoms. The number of amides is 2. The van der Waals surface area contributed by atoms with E-state index in [0.717, 1.165) is 22.2 Å². The van der Waals surface area contributed by atoms with E-state index in [1.807, 2.05) is 26.0 Å². The van der Waals surface area contributed by atoms with Crippen molar-refractivity contribution in [2.75, 3.05) is 5.01 Å². The van der Waals surface area contributed by atoms with Crippen molar-refractivity contribution < 1.29 is 24.6 Å². The highest BCUT2D eigenvalue weighted by Crippen LogP contribution is 2.32. The van der Waals surface area contributed by atoms with Crippen molar-refractivity contribution >= 4 is 29.0 Å². The van der Waals surface area contributed by atoms with E-state index in [9.17, 15) is 24.6 Å². The summed E-state index contributed by atoms with van der Waals surface area (Å²) in [5, 5.41) is 23.2. The number of nitrogens with one attached hydrogen (secondary N) is 1. The van der Waals surface area contributed by atoms with Crippen LogP contribution in [0.5, 0.6) is 0 Å². The van der Waals surface area contributed by atoms with Crippen LogP contribution in [0, 0.1) is 13.8 Å². The number of rotatable bonds is 7.